The van der Waals surface area contributed by atoms with Gasteiger partial charge in [0, 0.05) is 57.8 Å². The van der Waals surface area contributed by atoms with Crippen LogP contribution in [0.4, 0.5) is 0 Å². The number of pyridine rings is 1. The maximum absolute atomic E-state index is 12.3. The number of aromatic nitrogens is 3. The van der Waals surface area contributed by atoms with E-state index in [1.54, 1.807) is 12.4 Å². The van der Waals surface area contributed by atoms with Crippen LogP contribution in [0.1, 0.15) is 24.2 Å². The molecular weight excluding hydrogens is 276 g/mol. The maximum Gasteiger partial charge on any atom is 0.222 e. The van der Waals surface area contributed by atoms with Gasteiger partial charge in [0.1, 0.15) is 5.82 Å². The molecule has 22 heavy (non-hydrogen) atoms. The van der Waals surface area contributed by atoms with Gasteiger partial charge in [-0.2, -0.15) is 0 Å². The fraction of sp³-hybridized carbons (Fsp3) is 0.471. The minimum Gasteiger partial charge on any atom is -0.345 e. The number of imidazole rings is 1. The van der Waals surface area contributed by atoms with Crippen LogP contribution in [0.5, 0.6) is 0 Å². The van der Waals surface area contributed by atoms with Gasteiger partial charge in [0.05, 0.1) is 0 Å². The Morgan fingerprint density at radius 3 is 3.00 bits per heavy atom. The van der Waals surface area contributed by atoms with E-state index >= 15 is 0 Å². The predicted molar refractivity (Wildman–Crippen MR) is 84.2 cm³/mol. The van der Waals surface area contributed by atoms with Crippen molar-refractivity contribution in [1.82, 2.24) is 19.4 Å². The topological polar surface area (TPSA) is 51.0 Å². The molecule has 5 nitrogen and oxygen atoms in total. The third-order valence-electron chi connectivity index (χ3n) is 4.39. The second-order valence-electron chi connectivity index (χ2n) is 6.03. The molecule has 0 N–H and O–H groups in total. The SMILES string of the molecule is CN(CC1CCn2ccnc2C1)C(=O)CCc1ccncc1. The van der Waals surface area contributed by atoms with Crippen LogP contribution >= 0.6 is 0 Å². The van der Waals surface area contributed by atoms with Crippen LogP contribution in [-0.4, -0.2) is 38.9 Å². The van der Waals surface area contributed by atoms with E-state index in [2.05, 4.69) is 14.5 Å². The van der Waals surface area contributed by atoms with Gasteiger partial charge in [-0.25, -0.2) is 4.98 Å². The second kappa shape index (κ2) is 6.73. The third kappa shape index (κ3) is 3.53. The van der Waals surface area contributed by atoms with E-state index in [9.17, 15) is 4.79 Å². The fourth-order valence-electron chi connectivity index (χ4n) is 3.05. The summed E-state index contributed by atoms with van der Waals surface area (Å²) >= 11 is 0. The minimum atomic E-state index is 0.214. The maximum atomic E-state index is 12.3. The van der Waals surface area contributed by atoms with Crippen LogP contribution < -0.4 is 0 Å². The summed E-state index contributed by atoms with van der Waals surface area (Å²) in [6.45, 7) is 1.83. The molecule has 1 amide bonds. The number of carbonyl (C=O) groups excluding carboxylic acids is 1. The van der Waals surface area contributed by atoms with E-state index in [0.29, 0.717) is 12.3 Å². The number of fused-ring (bicyclic) bond motifs is 1. The van der Waals surface area contributed by atoms with Gasteiger partial charge in [-0.05, 0) is 36.5 Å². The van der Waals surface area contributed by atoms with Gasteiger partial charge in [0.15, 0.2) is 0 Å². The molecule has 0 radical (unpaired) electrons. The molecule has 1 aliphatic heterocycles. The Balaban J connectivity index is 1.47. The average molecular weight is 298 g/mol. The normalized spacial score (nSPS) is 17.0. The Morgan fingerprint density at radius 2 is 2.18 bits per heavy atom. The first-order chi connectivity index (χ1) is 10.7. The van der Waals surface area contributed by atoms with Crippen LogP contribution in [0.15, 0.2) is 36.9 Å². The number of rotatable bonds is 5. The highest BCUT2D eigenvalue weighted by molar-refractivity contribution is 5.76. The zero-order chi connectivity index (χ0) is 15.4. The Hall–Kier alpha value is -2.17. The molecule has 2 aromatic heterocycles. The summed E-state index contributed by atoms with van der Waals surface area (Å²) in [5.41, 5.74) is 1.16. The van der Waals surface area contributed by atoms with Crippen molar-refractivity contribution in [3.63, 3.8) is 0 Å². The standard InChI is InChI=1S/C17H22N4O/c1-20(17(22)3-2-14-4-7-18-8-5-14)13-15-6-10-21-11-9-19-16(21)12-15/h4-5,7-9,11,15H,2-3,6,10,12-13H2,1H3. The molecule has 0 aliphatic carbocycles. The molecule has 3 heterocycles. The Labute approximate surface area is 131 Å². The summed E-state index contributed by atoms with van der Waals surface area (Å²) in [7, 11) is 1.91. The fourth-order valence-corrected chi connectivity index (χ4v) is 3.05. The Bertz CT molecular complexity index is 623. The predicted octanol–water partition coefficient (Wildman–Crippen LogP) is 1.93. The van der Waals surface area contributed by atoms with Crippen molar-refractivity contribution in [1.29, 1.82) is 0 Å². The van der Waals surface area contributed by atoms with E-state index in [1.165, 1.54) is 0 Å². The van der Waals surface area contributed by atoms with E-state index in [1.807, 2.05) is 36.5 Å². The molecule has 116 valence electrons. The van der Waals surface area contributed by atoms with Gasteiger partial charge < -0.3 is 9.47 Å². The molecule has 0 aromatic carbocycles. The Kier molecular flexibility index (Phi) is 4.51. The van der Waals surface area contributed by atoms with Gasteiger partial charge in [-0.3, -0.25) is 9.78 Å². The monoisotopic (exact) mass is 298 g/mol. The van der Waals surface area contributed by atoms with Crippen molar-refractivity contribution in [2.75, 3.05) is 13.6 Å². The van der Waals surface area contributed by atoms with Crippen molar-refractivity contribution in [3.05, 3.63) is 48.3 Å². The highest BCUT2D eigenvalue weighted by Gasteiger charge is 2.22. The molecule has 1 aliphatic rings. The van der Waals surface area contributed by atoms with E-state index in [0.717, 1.165) is 43.7 Å². The first-order valence-electron chi connectivity index (χ1n) is 7.85. The van der Waals surface area contributed by atoms with E-state index < -0.39 is 0 Å². The van der Waals surface area contributed by atoms with Crippen LogP contribution in [0.3, 0.4) is 0 Å². The number of amides is 1. The van der Waals surface area contributed by atoms with E-state index in [-0.39, 0.29) is 5.91 Å². The van der Waals surface area contributed by atoms with Crippen LogP contribution in [0.2, 0.25) is 0 Å². The van der Waals surface area contributed by atoms with Gasteiger partial charge in [0.2, 0.25) is 5.91 Å². The van der Waals surface area contributed by atoms with Gasteiger partial charge >= 0.3 is 0 Å². The highest BCUT2D eigenvalue weighted by Crippen LogP contribution is 2.20. The van der Waals surface area contributed by atoms with Crippen molar-refractivity contribution >= 4 is 5.91 Å². The lowest BCUT2D eigenvalue weighted by molar-refractivity contribution is -0.130. The molecule has 5 heteroatoms. The molecular formula is C17H22N4O. The summed E-state index contributed by atoms with van der Waals surface area (Å²) in [6, 6.07) is 3.93. The number of hydrogen-bond acceptors (Lipinski definition) is 3. The molecule has 0 bridgehead atoms. The van der Waals surface area contributed by atoms with Crippen molar-refractivity contribution in [2.24, 2.45) is 5.92 Å². The van der Waals surface area contributed by atoms with E-state index in [4.69, 9.17) is 0 Å². The van der Waals surface area contributed by atoms with Crippen molar-refractivity contribution in [2.45, 2.75) is 32.2 Å². The van der Waals surface area contributed by atoms with Crippen molar-refractivity contribution < 1.29 is 4.79 Å². The summed E-state index contributed by atoms with van der Waals surface area (Å²) in [4.78, 5) is 22.5. The lowest BCUT2D eigenvalue weighted by Gasteiger charge is -2.28. The first-order valence-corrected chi connectivity index (χ1v) is 7.85. The summed E-state index contributed by atoms with van der Waals surface area (Å²) in [6.07, 6.45) is 10.9. The quantitative estimate of drug-likeness (QED) is 0.847. The third-order valence-corrected chi connectivity index (χ3v) is 4.39. The lowest BCUT2D eigenvalue weighted by Crippen LogP contribution is -2.35. The minimum absolute atomic E-state index is 0.214. The molecule has 1 atom stereocenters. The molecule has 3 rings (SSSR count). The molecule has 2 aromatic rings. The first kappa shape index (κ1) is 14.8. The number of aryl methyl sites for hydroxylation is 2. The van der Waals surface area contributed by atoms with Crippen LogP contribution in [-0.2, 0) is 24.2 Å². The van der Waals surface area contributed by atoms with Crippen LogP contribution in [0.25, 0.3) is 0 Å². The summed E-state index contributed by atoms with van der Waals surface area (Å²) < 4.78 is 2.21. The largest absolute Gasteiger partial charge is 0.345 e. The molecule has 0 spiro atoms. The highest BCUT2D eigenvalue weighted by atomic mass is 16.2. The molecule has 0 saturated heterocycles. The molecule has 0 saturated carbocycles. The number of nitrogens with zero attached hydrogens (tertiary/aromatic N) is 4. The molecule has 0 fully saturated rings. The zero-order valence-corrected chi connectivity index (χ0v) is 13.0. The average Bonchev–Trinajstić information content (AvgIpc) is 3.01. The summed E-state index contributed by atoms with van der Waals surface area (Å²) in [5, 5.41) is 0. The summed E-state index contributed by atoms with van der Waals surface area (Å²) in [5.74, 6) is 1.88. The molecule has 1 unspecified atom stereocenters. The van der Waals surface area contributed by atoms with Gasteiger partial charge in [0.25, 0.3) is 0 Å². The Morgan fingerprint density at radius 1 is 1.36 bits per heavy atom. The number of carbonyl (C=O) groups is 1. The van der Waals surface area contributed by atoms with Crippen molar-refractivity contribution in [3.8, 4) is 0 Å². The smallest absolute Gasteiger partial charge is 0.222 e. The van der Waals surface area contributed by atoms with Crippen LogP contribution in [0, 0.1) is 5.92 Å². The zero-order valence-electron chi connectivity index (χ0n) is 13.0. The number of hydrogen-bond donors (Lipinski definition) is 0. The van der Waals surface area contributed by atoms with Gasteiger partial charge in [-0.1, -0.05) is 0 Å². The lowest BCUT2D eigenvalue weighted by atomic mass is 9.97. The second-order valence-corrected chi connectivity index (χ2v) is 6.03. The van der Waals surface area contributed by atoms with Gasteiger partial charge in [-0.15, -0.1) is 0 Å².